The number of likely N-dealkylation sites (tertiary alicyclic amines) is 1. The second kappa shape index (κ2) is 9.02. The number of carbonyl (C=O) groups excluding carboxylic acids is 2. The minimum Gasteiger partial charge on any atom is -0.490 e. The third kappa shape index (κ3) is 4.46. The molecule has 0 aliphatic carbocycles. The van der Waals surface area contributed by atoms with Crippen molar-refractivity contribution < 1.29 is 27.8 Å². The van der Waals surface area contributed by atoms with E-state index in [0.29, 0.717) is 35.1 Å². The van der Waals surface area contributed by atoms with Crippen molar-refractivity contribution in [1.29, 1.82) is 0 Å². The highest BCUT2D eigenvalue weighted by Crippen LogP contribution is 2.30. The zero-order valence-corrected chi connectivity index (χ0v) is 18.6. The standard InChI is InChI=1S/C25H19ClF2N2O4/c26-24-8-16(3-4-29-24)15-1-2-22(21(28)7-15)33-12-14-10-30(11-14)25(32)19-6-17-5-18(31)13-34-23(17)9-20(19)27/h1-4,6-9,14H,5,10-13H2. The average molecular weight is 485 g/mol. The lowest BCUT2D eigenvalue weighted by Crippen LogP contribution is -2.52. The molecule has 0 saturated carbocycles. The van der Waals surface area contributed by atoms with Crippen LogP contribution in [0.25, 0.3) is 11.1 Å². The number of carbonyl (C=O) groups is 2. The van der Waals surface area contributed by atoms with Crippen LogP contribution in [0.2, 0.25) is 5.15 Å². The van der Waals surface area contributed by atoms with E-state index in [0.717, 1.165) is 11.6 Å². The Morgan fingerprint density at radius 3 is 2.68 bits per heavy atom. The third-order valence-corrected chi connectivity index (χ3v) is 6.07. The Labute approximate surface area is 199 Å². The van der Waals surface area contributed by atoms with E-state index in [1.165, 1.54) is 17.0 Å². The molecule has 0 bridgehead atoms. The number of Topliss-reactive ketones (excluding diaryl/α,β-unsaturated/α-hetero) is 1. The third-order valence-electron chi connectivity index (χ3n) is 5.87. The molecule has 9 heteroatoms. The maximum atomic E-state index is 14.5. The van der Waals surface area contributed by atoms with Gasteiger partial charge in [-0.05, 0) is 41.5 Å². The fraction of sp³-hybridized carbons (Fsp3) is 0.240. The minimum atomic E-state index is -0.685. The average Bonchev–Trinajstić information content (AvgIpc) is 2.78. The molecular weight excluding hydrogens is 466 g/mol. The van der Waals surface area contributed by atoms with Crippen molar-refractivity contribution in [1.82, 2.24) is 9.88 Å². The predicted octanol–water partition coefficient (Wildman–Crippen LogP) is 4.34. The summed E-state index contributed by atoms with van der Waals surface area (Å²) in [6.07, 6.45) is 1.66. The maximum Gasteiger partial charge on any atom is 0.256 e. The Kier molecular flexibility index (Phi) is 5.91. The fourth-order valence-electron chi connectivity index (χ4n) is 4.06. The summed E-state index contributed by atoms with van der Waals surface area (Å²) < 4.78 is 39.8. The zero-order valence-electron chi connectivity index (χ0n) is 17.9. The highest BCUT2D eigenvalue weighted by Gasteiger charge is 2.34. The van der Waals surface area contributed by atoms with Crippen LogP contribution in [0, 0.1) is 17.6 Å². The van der Waals surface area contributed by atoms with Gasteiger partial charge in [0.1, 0.15) is 23.3 Å². The molecule has 3 aromatic rings. The number of hydrogen-bond donors (Lipinski definition) is 0. The second-order valence-corrected chi connectivity index (χ2v) is 8.73. The van der Waals surface area contributed by atoms with E-state index in [2.05, 4.69) is 4.98 Å². The van der Waals surface area contributed by atoms with Crippen LogP contribution in [0.4, 0.5) is 8.78 Å². The molecule has 1 aromatic heterocycles. The number of ketones is 1. The number of benzene rings is 2. The summed E-state index contributed by atoms with van der Waals surface area (Å²) in [4.78, 5) is 29.7. The molecule has 5 rings (SSSR count). The SMILES string of the molecule is O=C1COc2cc(F)c(C(=O)N3CC(COc4ccc(-c5ccnc(Cl)c5)cc4F)C3)cc2C1. The highest BCUT2D eigenvalue weighted by molar-refractivity contribution is 6.29. The minimum absolute atomic E-state index is 0.00682. The zero-order chi connectivity index (χ0) is 23.8. The van der Waals surface area contributed by atoms with E-state index >= 15 is 0 Å². The van der Waals surface area contributed by atoms with Crippen molar-refractivity contribution in [2.24, 2.45) is 5.92 Å². The lowest BCUT2D eigenvalue weighted by molar-refractivity contribution is -0.121. The van der Waals surface area contributed by atoms with Gasteiger partial charge in [0, 0.05) is 43.3 Å². The summed E-state index contributed by atoms with van der Waals surface area (Å²) in [6, 6.07) is 10.6. The first kappa shape index (κ1) is 22.3. The quantitative estimate of drug-likeness (QED) is 0.504. The second-order valence-electron chi connectivity index (χ2n) is 8.34. The van der Waals surface area contributed by atoms with Gasteiger partial charge in [-0.3, -0.25) is 9.59 Å². The van der Waals surface area contributed by atoms with Crippen LogP contribution in [-0.4, -0.2) is 47.9 Å². The molecule has 34 heavy (non-hydrogen) atoms. The van der Waals surface area contributed by atoms with Crippen LogP contribution in [-0.2, 0) is 11.2 Å². The molecule has 3 heterocycles. The number of fused-ring (bicyclic) bond motifs is 1. The van der Waals surface area contributed by atoms with Crippen molar-refractivity contribution >= 4 is 23.3 Å². The lowest BCUT2D eigenvalue weighted by Gasteiger charge is -2.39. The summed E-state index contributed by atoms with van der Waals surface area (Å²) in [6.45, 7) is 0.852. The summed E-state index contributed by atoms with van der Waals surface area (Å²) in [7, 11) is 0. The van der Waals surface area contributed by atoms with Gasteiger partial charge >= 0.3 is 0 Å². The molecular formula is C25H19ClF2N2O4. The van der Waals surface area contributed by atoms with Gasteiger partial charge in [0.25, 0.3) is 5.91 Å². The van der Waals surface area contributed by atoms with Crippen LogP contribution in [0.1, 0.15) is 15.9 Å². The Balaban J connectivity index is 1.18. The molecule has 0 atom stereocenters. The molecule has 6 nitrogen and oxygen atoms in total. The van der Waals surface area contributed by atoms with Crippen molar-refractivity contribution in [3.63, 3.8) is 0 Å². The molecule has 0 unspecified atom stereocenters. The predicted molar refractivity (Wildman–Crippen MR) is 120 cm³/mol. The highest BCUT2D eigenvalue weighted by atomic mass is 35.5. The maximum absolute atomic E-state index is 14.5. The van der Waals surface area contributed by atoms with Crippen molar-refractivity contribution in [2.75, 3.05) is 26.3 Å². The van der Waals surface area contributed by atoms with Crippen molar-refractivity contribution in [3.05, 3.63) is 76.6 Å². The van der Waals surface area contributed by atoms with E-state index in [1.54, 1.807) is 30.5 Å². The van der Waals surface area contributed by atoms with Gasteiger partial charge in [0.2, 0.25) is 0 Å². The number of ether oxygens (including phenoxy) is 2. The Bertz CT molecular complexity index is 1290. The van der Waals surface area contributed by atoms with E-state index in [9.17, 15) is 18.4 Å². The first-order valence-electron chi connectivity index (χ1n) is 10.7. The topological polar surface area (TPSA) is 68.7 Å². The smallest absolute Gasteiger partial charge is 0.256 e. The molecule has 1 saturated heterocycles. The molecule has 2 aliphatic heterocycles. The van der Waals surface area contributed by atoms with Gasteiger partial charge < -0.3 is 14.4 Å². The first-order valence-corrected chi connectivity index (χ1v) is 11.1. The van der Waals surface area contributed by atoms with Gasteiger partial charge in [-0.1, -0.05) is 17.7 Å². The van der Waals surface area contributed by atoms with Crippen molar-refractivity contribution in [3.8, 4) is 22.6 Å². The van der Waals surface area contributed by atoms with Gasteiger partial charge in [-0.15, -0.1) is 0 Å². The number of aromatic nitrogens is 1. The summed E-state index contributed by atoms with van der Waals surface area (Å²) in [5.74, 6) is -1.37. The summed E-state index contributed by atoms with van der Waals surface area (Å²) >= 11 is 5.89. The first-order chi connectivity index (χ1) is 16.4. The van der Waals surface area contributed by atoms with Crippen LogP contribution in [0.15, 0.2) is 48.7 Å². The Morgan fingerprint density at radius 1 is 1.12 bits per heavy atom. The number of rotatable bonds is 5. The molecule has 1 fully saturated rings. The van der Waals surface area contributed by atoms with E-state index < -0.39 is 17.5 Å². The number of halogens is 3. The van der Waals surface area contributed by atoms with Crippen LogP contribution in [0.5, 0.6) is 11.5 Å². The normalized spacial score (nSPS) is 15.4. The number of amides is 1. The van der Waals surface area contributed by atoms with E-state index in [-0.39, 0.29) is 42.6 Å². The fourth-order valence-corrected chi connectivity index (χ4v) is 4.23. The Hall–Kier alpha value is -3.52. The molecule has 2 aliphatic rings. The lowest BCUT2D eigenvalue weighted by atomic mass is 9.97. The molecule has 1 amide bonds. The molecule has 0 radical (unpaired) electrons. The molecule has 0 N–H and O–H groups in total. The van der Waals surface area contributed by atoms with Gasteiger partial charge in [-0.25, -0.2) is 13.8 Å². The largest absolute Gasteiger partial charge is 0.490 e. The summed E-state index contributed by atoms with van der Waals surface area (Å²) in [5.41, 5.74) is 1.81. The van der Waals surface area contributed by atoms with Gasteiger partial charge in [-0.2, -0.15) is 0 Å². The number of hydrogen-bond acceptors (Lipinski definition) is 5. The van der Waals surface area contributed by atoms with Gasteiger partial charge in [0.05, 0.1) is 12.2 Å². The van der Waals surface area contributed by atoms with Crippen molar-refractivity contribution in [2.45, 2.75) is 6.42 Å². The number of pyridine rings is 1. The molecule has 2 aromatic carbocycles. The molecule has 174 valence electrons. The summed E-state index contributed by atoms with van der Waals surface area (Å²) in [5, 5.41) is 0.319. The van der Waals surface area contributed by atoms with Gasteiger partial charge in [0.15, 0.2) is 17.3 Å². The van der Waals surface area contributed by atoms with Crippen LogP contribution in [0.3, 0.4) is 0 Å². The van der Waals surface area contributed by atoms with E-state index in [1.807, 2.05) is 0 Å². The number of nitrogens with zero attached hydrogens (tertiary/aromatic N) is 2. The Morgan fingerprint density at radius 2 is 1.91 bits per heavy atom. The monoisotopic (exact) mass is 484 g/mol. The van der Waals surface area contributed by atoms with E-state index in [4.69, 9.17) is 21.1 Å². The molecule has 0 spiro atoms. The van der Waals surface area contributed by atoms with Crippen LogP contribution >= 0.6 is 11.6 Å². The van der Waals surface area contributed by atoms with Crippen LogP contribution < -0.4 is 9.47 Å².